The molecular weight excluding hydrogens is 378 g/mol. The molecule has 1 aromatic carbocycles. The molecule has 7 nitrogen and oxygen atoms in total. The molecule has 2 aromatic heterocycles. The summed E-state index contributed by atoms with van der Waals surface area (Å²) in [5.41, 5.74) is 0.808. The van der Waals surface area contributed by atoms with E-state index in [1.807, 2.05) is 0 Å². The molecule has 4 rings (SSSR count). The molecule has 1 N–H and O–H groups in total. The van der Waals surface area contributed by atoms with Gasteiger partial charge in [-0.25, -0.2) is 8.42 Å². The maximum atomic E-state index is 12.6. The molecule has 26 heavy (non-hydrogen) atoms. The second-order valence-corrected chi connectivity index (χ2v) is 8.64. The van der Waals surface area contributed by atoms with Crippen molar-refractivity contribution < 1.29 is 17.6 Å². The average Bonchev–Trinajstić information content (AvgIpc) is 3.25. The molecule has 0 spiro atoms. The predicted octanol–water partition coefficient (Wildman–Crippen LogP) is 2.62. The van der Waals surface area contributed by atoms with Gasteiger partial charge in [0.25, 0.3) is 5.91 Å². The highest BCUT2D eigenvalue weighted by molar-refractivity contribution is 7.92. The van der Waals surface area contributed by atoms with Crippen LogP contribution in [0.15, 0.2) is 58.0 Å². The quantitative estimate of drug-likeness (QED) is 0.737. The van der Waals surface area contributed by atoms with Gasteiger partial charge in [-0.3, -0.25) is 9.89 Å². The highest BCUT2D eigenvalue weighted by Gasteiger charge is 2.41. The Labute approximate surface area is 154 Å². The number of aromatic amines is 1. The van der Waals surface area contributed by atoms with E-state index >= 15 is 0 Å². The van der Waals surface area contributed by atoms with Gasteiger partial charge >= 0.3 is 0 Å². The number of H-pyrrole nitrogens is 1. The molecule has 1 aliphatic rings. The van der Waals surface area contributed by atoms with Crippen molar-refractivity contribution in [3.8, 4) is 11.5 Å². The minimum Gasteiger partial charge on any atom is -0.463 e. The number of carbonyl (C=O) groups excluding carboxylic acids is 1. The number of nitrogens with zero attached hydrogens (tertiary/aromatic N) is 2. The van der Waals surface area contributed by atoms with Gasteiger partial charge in [-0.05, 0) is 36.4 Å². The largest absolute Gasteiger partial charge is 0.463 e. The Hall–Kier alpha value is -2.58. The van der Waals surface area contributed by atoms with E-state index in [9.17, 15) is 13.2 Å². The van der Waals surface area contributed by atoms with Crippen LogP contribution in [0.5, 0.6) is 0 Å². The molecule has 9 heteroatoms. The van der Waals surface area contributed by atoms with E-state index in [-0.39, 0.29) is 29.6 Å². The zero-order valence-electron chi connectivity index (χ0n) is 13.4. The summed E-state index contributed by atoms with van der Waals surface area (Å²) in [7, 11) is -3.49. The lowest BCUT2D eigenvalue weighted by atomic mass is 10.2. The first-order chi connectivity index (χ1) is 12.4. The van der Waals surface area contributed by atoms with Crippen LogP contribution in [0.25, 0.3) is 11.5 Å². The van der Waals surface area contributed by atoms with Crippen LogP contribution in [0, 0.1) is 0 Å². The number of amides is 1. The van der Waals surface area contributed by atoms with Gasteiger partial charge in [0.15, 0.2) is 21.3 Å². The molecule has 3 aromatic rings. The Morgan fingerprint density at radius 1 is 1.23 bits per heavy atom. The molecule has 0 aliphatic carbocycles. The summed E-state index contributed by atoms with van der Waals surface area (Å²) in [6.45, 7) is 0.263. The number of hydrogen-bond acceptors (Lipinski definition) is 5. The molecule has 0 bridgehead atoms. The van der Waals surface area contributed by atoms with E-state index in [1.54, 1.807) is 18.2 Å². The number of likely N-dealkylation sites (tertiary alicyclic amines) is 1. The first-order valence-corrected chi connectivity index (χ1v) is 9.75. The second kappa shape index (κ2) is 6.30. The fourth-order valence-electron chi connectivity index (χ4n) is 2.77. The van der Waals surface area contributed by atoms with Crippen molar-refractivity contribution in [1.29, 1.82) is 0 Å². The second-order valence-electron chi connectivity index (χ2n) is 5.98. The lowest BCUT2D eigenvalue weighted by Gasteiger charge is -2.38. The third kappa shape index (κ3) is 2.91. The van der Waals surface area contributed by atoms with Crippen molar-refractivity contribution >= 4 is 27.3 Å². The summed E-state index contributed by atoms with van der Waals surface area (Å²) in [4.78, 5) is 14.1. The number of nitrogens with one attached hydrogen (secondary N) is 1. The number of hydrogen-bond donors (Lipinski definition) is 1. The SMILES string of the molecule is O=C(c1cc(-c2ccco2)[nH]n1)N1CC(S(=O)(=O)c2ccc(Cl)cc2)C1. The smallest absolute Gasteiger partial charge is 0.274 e. The number of benzene rings is 1. The summed E-state index contributed by atoms with van der Waals surface area (Å²) in [5, 5.41) is 6.58. The van der Waals surface area contributed by atoms with Gasteiger partial charge in [-0.1, -0.05) is 11.6 Å². The molecule has 1 aliphatic heterocycles. The van der Waals surface area contributed by atoms with Crippen LogP contribution in [0.2, 0.25) is 5.02 Å². The van der Waals surface area contributed by atoms with E-state index < -0.39 is 15.1 Å². The van der Waals surface area contributed by atoms with Gasteiger partial charge in [0.1, 0.15) is 10.9 Å². The first-order valence-electron chi connectivity index (χ1n) is 7.83. The molecule has 134 valence electrons. The Kier molecular flexibility index (Phi) is 4.08. The van der Waals surface area contributed by atoms with E-state index in [2.05, 4.69) is 10.2 Å². The lowest BCUT2D eigenvalue weighted by Crippen LogP contribution is -2.56. The van der Waals surface area contributed by atoms with Crippen LogP contribution in [0.1, 0.15) is 10.5 Å². The van der Waals surface area contributed by atoms with E-state index in [4.69, 9.17) is 16.0 Å². The molecule has 0 saturated carbocycles. The van der Waals surface area contributed by atoms with Crippen LogP contribution >= 0.6 is 11.6 Å². The molecule has 0 atom stereocenters. The van der Waals surface area contributed by atoms with Crippen molar-refractivity contribution in [3.05, 3.63) is 59.4 Å². The van der Waals surface area contributed by atoms with Gasteiger partial charge in [-0.2, -0.15) is 5.10 Å². The molecule has 1 saturated heterocycles. The third-order valence-corrected chi connectivity index (χ3v) is 6.66. The Morgan fingerprint density at radius 2 is 1.96 bits per heavy atom. The monoisotopic (exact) mass is 391 g/mol. The maximum Gasteiger partial charge on any atom is 0.274 e. The normalized spacial score (nSPS) is 15.0. The van der Waals surface area contributed by atoms with Crippen LogP contribution < -0.4 is 0 Å². The number of carbonyl (C=O) groups is 1. The fraction of sp³-hybridized carbons (Fsp3) is 0.176. The van der Waals surface area contributed by atoms with Gasteiger partial charge in [0, 0.05) is 24.2 Å². The zero-order chi connectivity index (χ0) is 18.3. The minimum absolute atomic E-state index is 0.132. The summed E-state index contributed by atoms with van der Waals surface area (Å²) >= 11 is 5.80. The third-order valence-electron chi connectivity index (χ3n) is 4.30. The molecule has 3 heterocycles. The number of sulfone groups is 1. The topological polar surface area (TPSA) is 96.3 Å². The maximum absolute atomic E-state index is 12.6. The molecule has 1 fully saturated rings. The van der Waals surface area contributed by atoms with E-state index in [1.165, 1.54) is 35.4 Å². The van der Waals surface area contributed by atoms with Crippen LogP contribution in [0.4, 0.5) is 0 Å². The van der Waals surface area contributed by atoms with Crippen molar-refractivity contribution in [3.63, 3.8) is 0 Å². The lowest BCUT2D eigenvalue weighted by molar-refractivity contribution is 0.0652. The van der Waals surface area contributed by atoms with Crippen LogP contribution in [-0.4, -0.2) is 47.8 Å². The Balaban J connectivity index is 1.44. The zero-order valence-corrected chi connectivity index (χ0v) is 15.0. The average molecular weight is 392 g/mol. The molecule has 0 radical (unpaired) electrons. The standard InChI is InChI=1S/C17H14ClN3O4S/c18-11-3-5-12(6-4-11)26(23,24)13-9-21(10-13)17(22)15-8-14(19-20-15)16-2-1-7-25-16/h1-8,13H,9-10H2,(H,19,20). The van der Waals surface area contributed by atoms with E-state index in [0.29, 0.717) is 16.5 Å². The first kappa shape index (κ1) is 16.9. The van der Waals surface area contributed by atoms with E-state index in [0.717, 1.165) is 0 Å². The highest BCUT2D eigenvalue weighted by atomic mass is 35.5. The van der Waals surface area contributed by atoms with Gasteiger partial charge in [-0.15, -0.1) is 0 Å². The minimum atomic E-state index is -3.49. The summed E-state index contributed by atoms with van der Waals surface area (Å²) < 4.78 is 30.4. The van der Waals surface area contributed by atoms with Gasteiger partial charge in [0.05, 0.1) is 11.2 Å². The van der Waals surface area contributed by atoms with Crippen molar-refractivity contribution in [2.24, 2.45) is 0 Å². The van der Waals surface area contributed by atoms with Crippen LogP contribution in [-0.2, 0) is 9.84 Å². The number of aromatic nitrogens is 2. The molecule has 1 amide bonds. The predicted molar refractivity (Wildman–Crippen MR) is 94.6 cm³/mol. The summed E-state index contributed by atoms with van der Waals surface area (Å²) in [6.07, 6.45) is 1.53. The van der Waals surface area contributed by atoms with Crippen molar-refractivity contribution in [2.45, 2.75) is 10.1 Å². The number of halogens is 1. The van der Waals surface area contributed by atoms with Crippen LogP contribution in [0.3, 0.4) is 0 Å². The number of furan rings is 1. The molecular formula is C17H14ClN3O4S. The number of rotatable bonds is 4. The van der Waals surface area contributed by atoms with Crippen molar-refractivity contribution in [1.82, 2.24) is 15.1 Å². The Bertz CT molecular complexity index is 1040. The van der Waals surface area contributed by atoms with Crippen molar-refractivity contribution in [2.75, 3.05) is 13.1 Å². The Morgan fingerprint density at radius 3 is 2.62 bits per heavy atom. The van der Waals surface area contributed by atoms with Gasteiger partial charge in [0.2, 0.25) is 0 Å². The summed E-state index contributed by atoms with van der Waals surface area (Å²) in [6, 6.07) is 11.1. The fourth-order valence-corrected chi connectivity index (χ4v) is 4.55. The highest BCUT2D eigenvalue weighted by Crippen LogP contribution is 2.26. The molecule has 0 unspecified atom stereocenters. The summed E-state index contributed by atoms with van der Waals surface area (Å²) in [5.74, 6) is 0.255. The van der Waals surface area contributed by atoms with Gasteiger partial charge < -0.3 is 9.32 Å².